The Hall–Kier alpha value is -1.95. The molecular formula is C14H20N2O4. The first-order valence-corrected chi connectivity index (χ1v) is 6.55. The lowest BCUT2D eigenvalue weighted by Crippen LogP contribution is -2.40. The first kappa shape index (κ1) is 14.5. The molecule has 1 aliphatic heterocycles. The van der Waals surface area contributed by atoms with Gasteiger partial charge >= 0.3 is 6.09 Å². The van der Waals surface area contributed by atoms with Crippen LogP contribution in [0.4, 0.5) is 4.79 Å². The van der Waals surface area contributed by atoms with E-state index in [9.17, 15) is 4.79 Å². The number of para-hydroxylation sites is 1. The van der Waals surface area contributed by atoms with Gasteiger partial charge in [0, 0.05) is 12.1 Å². The molecule has 1 amide bonds. The molecular weight excluding hydrogens is 260 g/mol. The van der Waals surface area contributed by atoms with Gasteiger partial charge in [-0.2, -0.15) is 0 Å². The maximum Gasteiger partial charge on any atom is 0.422 e. The molecule has 0 aliphatic carbocycles. The van der Waals surface area contributed by atoms with Gasteiger partial charge in [0.1, 0.15) is 18.8 Å². The molecule has 0 unspecified atom stereocenters. The summed E-state index contributed by atoms with van der Waals surface area (Å²) in [5.41, 5.74) is 5.70. The van der Waals surface area contributed by atoms with E-state index in [4.69, 9.17) is 14.2 Å². The molecule has 6 nitrogen and oxygen atoms in total. The highest BCUT2D eigenvalue weighted by atomic mass is 16.6. The van der Waals surface area contributed by atoms with Crippen LogP contribution < -0.4 is 20.3 Å². The molecule has 2 N–H and O–H groups in total. The normalized spacial score (nSPS) is 13.8. The number of fused-ring (bicyclic) bond motifs is 1. The molecule has 20 heavy (non-hydrogen) atoms. The van der Waals surface area contributed by atoms with E-state index in [1.807, 2.05) is 39.0 Å². The van der Waals surface area contributed by atoms with Crippen LogP contribution >= 0.6 is 0 Å². The lowest BCUT2D eigenvalue weighted by molar-refractivity contribution is 0.0496. The lowest BCUT2D eigenvalue weighted by Gasteiger charge is -2.22. The number of rotatable bonds is 3. The number of nitrogens with one attached hydrogen (secondary N) is 2. The van der Waals surface area contributed by atoms with Crippen molar-refractivity contribution in [2.75, 3.05) is 13.2 Å². The number of hydrogen-bond acceptors (Lipinski definition) is 5. The fraction of sp³-hybridized carbons (Fsp3) is 0.500. The van der Waals surface area contributed by atoms with Gasteiger partial charge in [0.05, 0.1) is 0 Å². The number of ether oxygens (including phenoxy) is 3. The number of carbonyl (C=O) groups is 1. The average Bonchev–Trinajstić information content (AvgIpc) is 2.37. The molecule has 110 valence electrons. The number of amides is 1. The molecule has 0 aromatic heterocycles. The smallest absolute Gasteiger partial charge is 0.422 e. The van der Waals surface area contributed by atoms with Crippen molar-refractivity contribution < 1.29 is 19.0 Å². The topological polar surface area (TPSA) is 68.8 Å². The minimum atomic E-state index is -0.519. The van der Waals surface area contributed by atoms with Gasteiger partial charge in [0.2, 0.25) is 0 Å². The van der Waals surface area contributed by atoms with Crippen LogP contribution in [0.2, 0.25) is 0 Å². The third kappa shape index (κ3) is 4.03. The van der Waals surface area contributed by atoms with Crippen molar-refractivity contribution >= 4 is 6.09 Å². The molecule has 1 aliphatic rings. The lowest BCUT2D eigenvalue weighted by atomic mass is 10.2. The van der Waals surface area contributed by atoms with Crippen LogP contribution in [0.1, 0.15) is 26.3 Å². The second-order valence-corrected chi connectivity index (χ2v) is 5.42. The van der Waals surface area contributed by atoms with E-state index in [2.05, 4.69) is 10.9 Å². The maximum absolute atomic E-state index is 11.5. The Morgan fingerprint density at radius 1 is 1.30 bits per heavy atom. The molecule has 2 rings (SSSR count). The molecule has 1 aromatic rings. The van der Waals surface area contributed by atoms with E-state index < -0.39 is 11.7 Å². The van der Waals surface area contributed by atoms with Crippen molar-refractivity contribution in [3.05, 3.63) is 23.8 Å². The Labute approximate surface area is 118 Å². The van der Waals surface area contributed by atoms with E-state index in [1.165, 1.54) is 0 Å². The molecule has 0 bridgehead atoms. The van der Waals surface area contributed by atoms with Crippen LogP contribution in [0, 0.1) is 0 Å². The van der Waals surface area contributed by atoms with Crippen LogP contribution in [-0.2, 0) is 11.3 Å². The number of hydrogen-bond donors (Lipinski definition) is 2. The van der Waals surface area contributed by atoms with E-state index >= 15 is 0 Å². The Bertz CT molecular complexity index is 483. The van der Waals surface area contributed by atoms with Gasteiger partial charge in [-0.3, -0.25) is 5.43 Å². The molecule has 0 radical (unpaired) electrons. The third-order valence-corrected chi connectivity index (χ3v) is 2.52. The molecule has 0 atom stereocenters. The zero-order chi connectivity index (χ0) is 14.6. The average molecular weight is 280 g/mol. The Kier molecular flexibility index (Phi) is 4.34. The van der Waals surface area contributed by atoms with Crippen LogP contribution in [0.5, 0.6) is 11.5 Å². The largest absolute Gasteiger partial charge is 0.486 e. The fourth-order valence-corrected chi connectivity index (χ4v) is 1.79. The zero-order valence-electron chi connectivity index (χ0n) is 12.0. The van der Waals surface area contributed by atoms with Crippen molar-refractivity contribution in [3.63, 3.8) is 0 Å². The van der Waals surface area contributed by atoms with Crippen LogP contribution in [0.15, 0.2) is 18.2 Å². The Morgan fingerprint density at radius 2 is 2.05 bits per heavy atom. The number of benzene rings is 1. The van der Waals surface area contributed by atoms with Crippen LogP contribution in [0.3, 0.4) is 0 Å². The highest BCUT2D eigenvalue weighted by molar-refractivity contribution is 5.67. The highest BCUT2D eigenvalue weighted by Gasteiger charge is 2.17. The molecule has 0 saturated heterocycles. The monoisotopic (exact) mass is 280 g/mol. The maximum atomic E-state index is 11.5. The third-order valence-electron chi connectivity index (χ3n) is 2.52. The van der Waals surface area contributed by atoms with E-state index in [1.54, 1.807) is 0 Å². The van der Waals surface area contributed by atoms with Crippen molar-refractivity contribution in [1.82, 2.24) is 10.9 Å². The summed E-state index contributed by atoms with van der Waals surface area (Å²) in [5.74, 6) is 1.45. The molecule has 1 aromatic carbocycles. The number of hydrazine groups is 1. The van der Waals surface area contributed by atoms with Crippen LogP contribution in [-0.4, -0.2) is 24.9 Å². The first-order valence-electron chi connectivity index (χ1n) is 6.55. The summed E-state index contributed by atoms with van der Waals surface area (Å²) in [6.45, 7) is 6.94. The van der Waals surface area contributed by atoms with Crippen molar-refractivity contribution in [3.8, 4) is 11.5 Å². The predicted molar refractivity (Wildman–Crippen MR) is 73.6 cm³/mol. The molecule has 6 heteroatoms. The van der Waals surface area contributed by atoms with Gasteiger partial charge in [-0.25, -0.2) is 10.2 Å². The van der Waals surface area contributed by atoms with Gasteiger partial charge in [0.15, 0.2) is 11.5 Å². The van der Waals surface area contributed by atoms with Crippen molar-refractivity contribution in [2.45, 2.75) is 32.9 Å². The summed E-state index contributed by atoms with van der Waals surface area (Å²) >= 11 is 0. The second-order valence-electron chi connectivity index (χ2n) is 5.42. The summed E-state index contributed by atoms with van der Waals surface area (Å²) in [6, 6.07) is 5.66. The van der Waals surface area contributed by atoms with Gasteiger partial charge < -0.3 is 14.2 Å². The molecule has 0 saturated carbocycles. The van der Waals surface area contributed by atoms with Gasteiger partial charge in [0.25, 0.3) is 0 Å². The van der Waals surface area contributed by atoms with E-state index in [0.717, 1.165) is 17.1 Å². The van der Waals surface area contributed by atoms with E-state index in [-0.39, 0.29) is 0 Å². The Balaban J connectivity index is 1.87. The summed E-state index contributed by atoms with van der Waals surface area (Å²) in [7, 11) is 0. The van der Waals surface area contributed by atoms with Gasteiger partial charge in [-0.05, 0) is 26.8 Å². The molecule has 0 spiro atoms. The summed E-state index contributed by atoms with van der Waals surface area (Å²) in [5, 5.41) is 0. The van der Waals surface area contributed by atoms with Crippen molar-refractivity contribution in [1.29, 1.82) is 0 Å². The summed E-state index contributed by atoms with van der Waals surface area (Å²) in [6.07, 6.45) is -0.514. The standard InChI is InChI=1S/C14H20N2O4/c1-14(2,3)20-13(17)16-15-9-10-5-4-6-11-12(10)19-8-7-18-11/h4-6,15H,7-9H2,1-3H3,(H,16,17). The van der Waals surface area contributed by atoms with Gasteiger partial charge in [-0.1, -0.05) is 12.1 Å². The molecule has 1 heterocycles. The quantitative estimate of drug-likeness (QED) is 0.829. The summed E-state index contributed by atoms with van der Waals surface area (Å²) < 4.78 is 16.2. The SMILES string of the molecule is CC(C)(C)OC(=O)NNCc1cccc2c1OCCO2. The highest BCUT2D eigenvalue weighted by Crippen LogP contribution is 2.33. The first-order chi connectivity index (χ1) is 9.46. The minimum absolute atomic E-state index is 0.422. The summed E-state index contributed by atoms with van der Waals surface area (Å²) in [4.78, 5) is 11.5. The predicted octanol–water partition coefficient (Wildman–Crippen LogP) is 1.99. The number of carbonyl (C=O) groups excluding carboxylic acids is 1. The van der Waals surface area contributed by atoms with Crippen LogP contribution in [0.25, 0.3) is 0 Å². The minimum Gasteiger partial charge on any atom is -0.486 e. The van der Waals surface area contributed by atoms with E-state index in [0.29, 0.717) is 19.8 Å². The van der Waals surface area contributed by atoms with Crippen molar-refractivity contribution in [2.24, 2.45) is 0 Å². The van der Waals surface area contributed by atoms with Gasteiger partial charge in [-0.15, -0.1) is 0 Å². The second kappa shape index (κ2) is 6.00. The molecule has 0 fully saturated rings. The zero-order valence-corrected chi connectivity index (χ0v) is 12.0. The fourth-order valence-electron chi connectivity index (χ4n) is 1.79. The Morgan fingerprint density at radius 3 is 2.80 bits per heavy atom.